The van der Waals surface area contributed by atoms with Crippen LogP contribution in [0.1, 0.15) is 70.3 Å². The van der Waals surface area contributed by atoms with Crippen LogP contribution in [0.25, 0.3) is 16.8 Å². The molecule has 0 N–H and O–H groups in total. The van der Waals surface area contributed by atoms with Crippen LogP contribution >= 0.6 is 0 Å². The van der Waals surface area contributed by atoms with Gasteiger partial charge in [-0.1, -0.05) is 106 Å². The summed E-state index contributed by atoms with van der Waals surface area (Å²) in [6.07, 6.45) is 17.0. The van der Waals surface area contributed by atoms with E-state index in [4.69, 9.17) is 0 Å². The molecule has 0 nitrogen and oxygen atoms in total. The number of benzene rings is 2. The Kier molecular flexibility index (Phi) is 7.80. The van der Waals surface area contributed by atoms with Crippen LogP contribution in [0.2, 0.25) is 0 Å². The molecule has 0 spiro atoms. The average molecular weight is 294 g/mol. The zero-order chi connectivity index (χ0) is 15.5. The lowest BCUT2D eigenvalue weighted by molar-refractivity contribution is 0.578. The van der Waals surface area contributed by atoms with Crippen LogP contribution in [0.15, 0.2) is 48.5 Å². The third-order valence-corrected chi connectivity index (χ3v) is 4.35. The second-order valence-electron chi connectivity index (χ2n) is 6.23. The van der Waals surface area contributed by atoms with Crippen LogP contribution in [-0.4, -0.2) is 0 Å². The minimum Gasteiger partial charge on any atom is -0.0839 e. The van der Waals surface area contributed by atoms with Crippen molar-refractivity contribution in [3.05, 3.63) is 54.1 Å². The minimum absolute atomic E-state index is 1.21. The summed E-state index contributed by atoms with van der Waals surface area (Å²) in [5, 5.41) is 2.69. The summed E-state index contributed by atoms with van der Waals surface area (Å²) in [5.74, 6) is 0. The molecule has 0 bridgehead atoms. The van der Waals surface area contributed by atoms with Gasteiger partial charge in [0.15, 0.2) is 0 Å². The van der Waals surface area contributed by atoms with Crippen LogP contribution in [0.4, 0.5) is 0 Å². The third kappa shape index (κ3) is 5.67. The fourth-order valence-corrected chi connectivity index (χ4v) is 3.00. The molecule has 0 saturated heterocycles. The topological polar surface area (TPSA) is 0 Å². The Hall–Kier alpha value is -1.56. The Morgan fingerprint density at radius 1 is 0.727 bits per heavy atom. The Bertz CT molecular complexity index is 560. The van der Waals surface area contributed by atoms with Gasteiger partial charge in [-0.15, -0.1) is 0 Å². The van der Waals surface area contributed by atoms with Crippen molar-refractivity contribution in [2.45, 2.75) is 64.7 Å². The lowest BCUT2D eigenvalue weighted by atomic mass is 10.0. The van der Waals surface area contributed by atoms with Crippen molar-refractivity contribution in [3.63, 3.8) is 0 Å². The second kappa shape index (κ2) is 10.2. The lowest BCUT2D eigenvalue weighted by Crippen LogP contribution is -1.80. The van der Waals surface area contributed by atoms with Gasteiger partial charge in [0.05, 0.1) is 0 Å². The average Bonchev–Trinajstić information content (AvgIpc) is 2.56. The van der Waals surface area contributed by atoms with E-state index >= 15 is 0 Å². The monoisotopic (exact) mass is 294 g/mol. The van der Waals surface area contributed by atoms with E-state index in [2.05, 4.69) is 61.5 Å². The largest absolute Gasteiger partial charge is 0.0839 e. The van der Waals surface area contributed by atoms with Crippen molar-refractivity contribution in [2.24, 2.45) is 0 Å². The maximum atomic E-state index is 2.35. The predicted octanol–water partition coefficient (Wildman–Crippen LogP) is 7.38. The number of fused-ring (bicyclic) bond motifs is 1. The molecule has 0 unspecified atom stereocenters. The van der Waals surface area contributed by atoms with E-state index in [0.717, 1.165) is 0 Å². The van der Waals surface area contributed by atoms with E-state index in [9.17, 15) is 0 Å². The highest BCUT2D eigenvalue weighted by Crippen LogP contribution is 2.20. The predicted molar refractivity (Wildman–Crippen MR) is 100 cm³/mol. The molecule has 0 aliphatic carbocycles. The standard InChI is InChI=1S/C22H30/c1-2-3-4-5-6-7-8-9-10-11-15-20-17-14-18-21-16-12-13-19-22(20)21/h11-19H,2-10H2,1H3. The van der Waals surface area contributed by atoms with Crippen LogP contribution in [0.5, 0.6) is 0 Å². The van der Waals surface area contributed by atoms with Gasteiger partial charge in [-0.05, 0) is 29.2 Å². The molecule has 118 valence electrons. The maximum Gasteiger partial charge on any atom is -0.0112 e. The second-order valence-corrected chi connectivity index (χ2v) is 6.23. The molecule has 0 radical (unpaired) electrons. The molecule has 0 saturated carbocycles. The lowest BCUT2D eigenvalue weighted by Gasteiger charge is -2.02. The van der Waals surface area contributed by atoms with Crippen molar-refractivity contribution in [3.8, 4) is 0 Å². The quantitative estimate of drug-likeness (QED) is 0.401. The van der Waals surface area contributed by atoms with Gasteiger partial charge < -0.3 is 0 Å². The molecule has 0 aliphatic rings. The molecule has 2 aromatic carbocycles. The number of unbranched alkanes of at least 4 members (excludes halogenated alkanes) is 8. The van der Waals surface area contributed by atoms with Gasteiger partial charge in [0.1, 0.15) is 0 Å². The Labute approximate surface area is 136 Å². The van der Waals surface area contributed by atoms with Gasteiger partial charge in [0, 0.05) is 0 Å². The summed E-state index contributed by atoms with van der Waals surface area (Å²) in [6, 6.07) is 15.2. The fourth-order valence-electron chi connectivity index (χ4n) is 3.00. The first-order valence-corrected chi connectivity index (χ1v) is 9.06. The SMILES string of the molecule is CCCCCCCCCCC=Cc1cccc2ccccc12. The number of hydrogen-bond acceptors (Lipinski definition) is 0. The first-order valence-electron chi connectivity index (χ1n) is 9.06. The van der Waals surface area contributed by atoms with Crippen molar-refractivity contribution in [1.29, 1.82) is 0 Å². The van der Waals surface area contributed by atoms with E-state index in [1.54, 1.807) is 0 Å². The highest BCUT2D eigenvalue weighted by molar-refractivity contribution is 5.90. The molecule has 0 fully saturated rings. The van der Waals surface area contributed by atoms with Crippen LogP contribution in [0.3, 0.4) is 0 Å². The molecule has 2 rings (SSSR count). The zero-order valence-corrected chi connectivity index (χ0v) is 14.1. The van der Waals surface area contributed by atoms with Gasteiger partial charge >= 0.3 is 0 Å². The van der Waals surface area contributed by atoms with Gasteiger partial charge in [0.25, 0.3) is 0 Å². The molecule has 22 heavy (non-hydrogen) atoms. The van der Waals surface area contributed by atoms with Crippen molar-refractivity contribution >= 4 is 16.8 Å². The fraction of sp³-hybridized carbons (Fsp3) is 0.455. The first-order chi connectivity index (χ1) is 10.9. The minimum atomic E-state index is 1.21. The Balaban J connectivity index is 1.67. The maximum absolute atomic E-state index is 2.35. The summed E-state index contributed by atoms with van der Waals surface area (Å²) in [6.45, 7) is 2.28. The van der Waals surface area contributed by atoms with Gasteiger partial charge in [-0.2, -0.15) is 0 Å². The first kappa shape index (κ1) is 16.8. The van der Waals surface area contributed by atoms with Gasteiger partial charge in [-0.3, -0.25) is 0 Å². The Morgan fingerprint density at radius 3 is 2.23 bits per heavy atom. The molecule has 0 aromatic heterocycles. The summed E-state index contributed by atoms with van der Waals surface area (Å²) < 4.78 is 0. The van der Waals surface area contributed by atoms with Crippen LogP contribution < -0.4 is 0 Å². The normalized spacial score (nSPS) is 11.5. The van der Waals surface area contributed by atoms with Crippen LogP contribution in [0, 0.1) is 0 Å². The molecule has 0 heteroatoms. The molecule has 2 aromatic rings. The van der Waals surface area contributed by atoms with Crippen molar-refractivity contribution in [1.82, 2.24) is 0 Å². The molecular formula is C22H30. The van der Waals surface area contributed by atoms with E-state index < -0.39 is 0 Å². The molecule has 0 atom stereocenters. The summed E-state index contributed by atoms with van der Waals surface area (Å²) in [5.41, 5.74) is 1.35. The number of rotatable bonds is 10. The van der Waals surface area contributed by atoms with Crippen molar-refractivity contribution < 1.29 is 0 Å². The summed E-state index contributed by atoms with van der Waals surface area (Å²) >= 11 is 0. The molecule has 0 aliphatic heterocycles. The van der Waals surface area contributed by atoms with Gasteiger partial charge in [-0.25, -0.2) is 0 Å². The van der Waals surface area contributed by atoms with E-state index in [1.807, 2.05) is 0 Å². The molecular weight excluding hydrogens is 264 g/mol. The van der Waals surface area contributed by atoms with Crippen LogP contribution in [-0.2, 0) is 0 Å². The number of allylic oxidation sites excluding steroid dienone is 1. The van der Waals surface area contributed by atoms with Gasteiger partial charge in [0.2, 0.25) is 0 Å². The Morgan fingerprint density at radius 2 is 1.41 bits per heavy atom. The highest BCUT2D eigenvalue weighted by atomic mass is 14.0. The van der Waals surface area contributed by atoms with Crippen molar-refractivity contribution in [2.75, 3.05) is 0 Å². The highest BCUT2D eigenvalue weighted by Gasteiger charge is 1.96. The smallest absolute Gasteiger partial charge is 0.0112 e. The van der Waals surface area contributed by atoms with E-state index in [-0.39, 0.29) is 0 Å². The number of hydrogen-bond donors (Lipinski definition) is 0. The third-order valence-electron chi connectivity index (χ3n) is 4.35. The molecule has 0 heterocycles. The molecule has 0 amide bonds. The van der Waals surface area contributed by atoms with E-state index in [1.165, 1.54) is 74.1 Å². The zero-order valence-electron chi connectivity index (χ0n) is 14.1. The summed E-state index contributed by atoms with van der Waals surface area (Å²) in [7, 11) is 0. The summed E-state index contributed by atoms with van der Waals surface area (Å²) in [4.78, 5) is 0. The van der Waals surface area contributed by atoms with E-state index in [0.29, 0.717) is 0 Å².